The Kier molecular flexibility index (Phi) is 6.19. The first-order valence-electron chi connectivity index (χ1n) is 11.0. The van der Waals surface area contributed by atoms with E-state index in [-0.39, 0.29) is 17.5 Å². The maximum Gasteiger partial charge on any atom is 0.222 e. The summed E-state index contributed by atoms with van der Waals surface area (Å²) in [5, 5.41) is 12.2. The number of aromatic nitrogens is 3. The maximum atomic E-state index is 14.9. The summed E-state index contributed by atoms with van der Waals surface area (Å²) in [6.07, 6.45) is 1.52. The van der Waals surface area contributed by atoms with E-state index in [1.165, 1.54) is 12.3 Å². The molecule has 0 amide bonds. The lowest BCUT2D eigenvalue weighted by Crippen LogP contribution is -2.01. The summed E-state index contributed by atoms with van der Waals surface area (Å²) in [7, 11) is 0. The second kappa shape index (κ2) is 9.91. The van der Waals surface area contributed by atoms with Gasteiger partial charge in [-0.3, -0.25) is 0 Å². The Hall–Kier alpha value is -5.29. The van der Waals surface area contributed by atoms with Gasteiger partial charge in [0.1, 0.15) is 34.9 Å². The van der Waals surface area contributed by atoms with Gasteiger partial charge in [0.05, 0.1) is 5.69 Å². The highest BCUT2D eigenvalue weighted by molar-refractivity contribution is 5.72. The molecule has 3 aromatic carbocycles. The zero-order valence-electron chi connectivity index (χ0n) is 18.9. The fraction of sp³-hybridized carbons (Fsp3) is 0. The second-order valence-electron chi connectivity index (χ2n) is 7.80. The third kappa shape index (κ3) is 5.11. The van der Waals surface area contributed by atoms with E-state index in [0.717, 1.165) is 11.3 Å². The Morgan fingerprint density at radius 2 is 1.64 bits per heavy atom. The molecular weight excluding hydrogens is 455 g/mol. The van der Waals surface area contributed by atoms with Crippen molar-refractivity contribution in [3.63, 3.8) is 0 Å². The summed E-state index contributed by atoms with van der Waals surface area (Å²) in [6.45, 7) is 0. The zero-order valence-corrected chi connectivity index (χ0v) is 18.9. The molecule has 0 spiro atoms. The molecule has 2 heterocycles. The molecule has 0 aliphatic rings. The molecular formula is C28H19FN6O. The highest BCUT2D eigenvalue weighted by Gasteiger charge is 2.11. The zero-order chi connectivity index (χ0) is 24.9. The number of nitrogens with one attached hydrogen (secondary N) is 1. The van der Waals surface area contributed by atoms with Crippen LogP contribution < -0.4 is 15.8 Å². The van der Waals surface area contributed by atoms with E-state index in [9.17, 15) is 4.39 Å². The monoisotopic (exact) mass is 474 g/mol. The number of nitrogens with zero attached hydrogens (tertiary/aromatic N) is 4. The van der Waals surface area contributed by atoms with Crippen LogP contribution in [0.3, 0.4) is 0 Å². The Morgan fingerprint density at radius 1 is 0.833 bits per heavy atom. The number of rotatable bonds is 6. The molecule has 0 radical (unpaired) electrons. The van der Waals surface area contributed by atoms with E-state index in [1.54, 1.807) is 42.5 Å². The van der Waals surface area contributed by atoms with E-state index in [2.05, 4.69) is 20.3 Å². The third-order valence-electron chi connectivity index (χ3n) is 5.30. The van der Waals surface area contributed by atoms with Crippen LogP contribution in [0.25, 0.3) is 22.4 Å². The van der Waals surface area contributed by atoms with E-state index in [1.807, 2.05) is 48.5 Å². The number of hydrogen-bond donors (Lipinski definition) is 2. The minimum absolute atomic E-state index is 0.0634. The van der Waals surface area contributed by atoms with E-state index >= 15 is 0 Å². The smallest absolute Gasteiger partial charge is 0.222 e. The average molecular weight is 474 g/mol. The van der Waals surface area contributed by atoms with E-state index < -0.39 is 0 Å². The van der Waals surface area contributed by atoms with Crippen LogP contribution in [0.2, 0.25) is 0 Å². The van der Waals surface area contributed by atoms with Gasteiger partial charge in [-0.15, -0.1) is 0 Å². The summed E-state index contributed by atoms with van der Waals surface area (Å²) in [5.74, 6) is 1.28. The Labute approximate surface area is 206 Å². The van der Waals surface area contributed by atoms with Gasteiger partial charge in [-0.1, -0.05) is 42.5 Å². The van der Waals surface area contributed by atoms with Gasteiger partial charge in [-0.05, 0) is 42.0 Å². The van der Waals surface area contributed by atoms with Gasteiger partial charge < -0.3 is 15.8 Å². The molecule has 5 aromatic rings. The van der Waals surface area contributed by atoms with Crippen molar-refractivity contribution in [2.45, 2.75) is 0 Å². The average Bonchev–Trinajstić information content (AvgIpc) is 2.90. The number of anilines is 3. The molecule has 2 aromatic heterocycles. The minimum Gasteiger partial charge on any atom is -0.457 e. The van der Waals surface area contributed by atoms with Gasteiger partial charge in [-0.25, -0.2) is 14.4 Å². The van der Waals surface area contributed by atoms with Crippen LogP contribution in [0.5, 0.6) is 11.5 Å². The van der Waals surface area contributed by atoms with Crippen LogP contribution in [-0.4, -0.2) is 15.0 Å². The lowest BCUT2D eigenvalue weighted by molar-refractivity contribution is 0.482. The van der Waals surface area contributed by atoms with Gasteiger partial charge in [-0.2, -0.15) is 10.2 Å². The van der Waals surface area contributed by atoms with Gasteiger partial charge >= 0.3 is 0 Å². The van der Waals surface area contributed by atoms with Crippen molar-refractivity contribution in [1.29, 1.82) is 5.26 Å². The Balaban J connectivity index is 1.34. The normalized spacial score (nSPS) is 10.4. The van der Waals surface area contributed by atoms with Crippen molar-refractivity contribution in [2.24, 2.45) is 0 Å². The van der Waals surface area contributed by atoms with Gasteiger partial charge in [0.15, 0.2) is 0 Å². The molecule has 0 saturated heterocycles. The largest absolute Gasteiger partial charge is 0.457 e. The van der Waals surface area contributed by atoms with Crippen molar-refractivity contribution in [3.05, 3.63) is 109 Å². The second-order valence-corrected chi connectivity index (χ2v) is 7.80. The van der Waals surface area contributed by atoms with Crippen LogP contribution in [0.1, 0.15) is 5.69 Å². The molecule has 7 nitrogen and oxygen atoms in total. The number of pyridine rings is 1. The van der Waals surface area contributed by atoms with Gasteiger partial charge in [0, 0.05) is 35.1 Å². The van der Waals surface area contributed by atoms with Crippen LogP contribution in [0.4, 0.5) is 21.8 Å². The van der Waals surface area contributed by atoms with Crippen LogP contribution in [0.15, 0.2) is 97.2 Å². The number of nitrogens with two attached hydrogens (primary N) is 1. The predicted octanol–water partition coefficient (Wildman–Crippen LogP) is 6.33. The summed E-state index contributed by atoms with van der Waals surface area (Å²) < 4.78 is 20.7. The fourth-order valence-corrected chi connectivity index (χ4v) is 3.63. The molecule has 0 aliphatic carbocycles. The molecule has 0 bridgehead atoms. The number of nitriles is 1. The van der Waals surface area contributed by atoms with Crippen molar-refractivity contribution in [2.75, 3.05) is 11.1 Å². The standard InChI is InChI=1S/C28H19FN6O/c29-25-14-19(6-11-24(25)18-4-2-1-3-5-18)26-16-27(35-28(31)34-26)33-20-7-9-22(10-8-20)36-23-12-13-32-21(15-23)17-30/h1-16H,(H3,31,33,34,35). The summed E-state index contributed by atoms with van der Waals surface area (Å²) in [5.41, 5.74) is 9.35. The summed E-state index contributed by atoms with van der Waals surface area (Å²) in [6, 6.07) is 28.4. The van der Waals surface area contributed by atoms with Crippen molar-refractivity contribution >= 4 is 17.5 Å². The highest BCUT2D eigenvalue weighted by atomic mass is 19.1. The molecule has 36 heavy (non-hydrogen) atoms. The van der Waals surface area contributed by atoms with Gasteiger partial charge in [0.25, 0.3) is 0 Å². The Bertz CT molecular complexity index is 1570. The summed E-state index contributed by atoms with van der Waals surface area (Å²) >= 11 is 0. The third-order valence-corrected chi connectivity index (χ3v) is 5.30. The molecule has 0 saturated carbocycles. The molecule has 174 valence electrons. The molecule has 0 aliphatic heterocycles. The SMILES string of the molecule is N#Cc1cc(Oc2ccc(Nc3cc(-c4ccc(-c5ccccc5)c(F)c4)nc(N)n3)cc2)ccn1. The Morgan fingerprint density at radius 3 is 2.39 bits per heavy atom. The number of halogens is 1. The van der Waals surface area contributed by atoms with E-state index in [0.29, 0.717) is 34.1 Å². The number of nitrogen functional groups attached to an aromatic ring is 1. The first kappa shape index (κ1) is 22.5. The fourth-order valence-electron chi connectivity index (χ4n) is 3.63. The maximum absolute atomic E-state index is 14.9. The van der Waals surface area contributed by atoms with Crippen LogP contribution in [0, 0.1) is 17.1 Å². The number of hydrogen-bond acceptors (Lipinski definition) is 7. The van der Waals surface area contributed by atoms with Crippen molar-refractivity contribution in [3.8, 4) is 40.0 Å². The lowest BCUT2D eigenvalue weighted by Gasteiger charge is -2.11. The van der Waals surface area contributed by atoms with Crippen LogP contribution in [-0.2, 0) is 0 Å². The van der Waals surface area contributed by atoms with E-state index in [4.69, 9.17) is 15.7 Å². The molecule has 0 atom stereocenters. The van der Waals surface area contributed by atoms with Gasteiger partial charge in [0.2, 0.25) is 5.95 Å². The first-order valence-corrected chi connectivity index (χ1v) is 11.0. The van der Waals surface area contributed by atoms with Crippen molar-refractivity contribution in [1.82, 2.24) is 15.0 Å². The van der Waals surface area contributed by atoms with Crippen molar-refractivity contribution < 1.29 is 9.13 Å². The van der Waals surface area contributed by atoms with Crippen LogP contribution >= 0.6 is 0 Å². The molecule has 3 N–H and O–H groups in total. The quantitative estimate of drug-likeness (QED) is 0.296. The lowest BCUT2D eigenvalue weighted by atomic mass is 10.0. The summed E-state index contributed by atoms with van der Waals surface area (Å²) in [4.78, 5) is 12.4. The minimum atomic E-state index is -0.350. The topological polar surface area (TPSA) is 110 Å². The first-order chi connectivity index (χ1) is 17.6. The molecule has 5 rings (SSSR count). The molecule has 8 heteroatoms. The molecule has 0 fully saturated rings. The highest BCUT2D eigenvalue weighted by Crippen LogP contribution is 2.29. The molecule has 0 unspecified atom stereocenters. The number of ether oxygens (including phenoxy) is 1. The number of benzene rings is 3. The predicted molar refractivity (Wildman–Crippen MR) is 136 cm³/mol.